The van der Waals surface area contributed by atoms with Gasteiger partial charge in [0.25, 0.3) is 0 Å². The predicted octanol–water partition coefficient (Wildman–Crippen LogP) is 2.02. The molecule has 0 fully saturated rings. The summed E-state index contributed by atoms with van der Waals surface area (Å²) in [4.78, 5) is 4.02. The molecule has 0 aliphatic heterocycles. The standard InChI is InChI=1S/C8H6BrN/c1-2-4-7-5-3-6-10-8(7)9/h1,3,5-6H,4H2. The van der Waals surface area contributed by atoms with E-state index in [4.69, 9.17) is 6.42 Å². The van der Waals surface area contributed by atoms with Gasteiger partial charge in [-0.05, 0) is 27.6 Å². The van der Waals surface area contributed by atoms with Crippen LogP contribution in [0.1, 0.15) is 5.56 Å². The zero-order valence-electron chi connectivity index (χ0n) is 5.34. The Hall–Kier alpha value is -0.810. The van der Waals surface area contributed by atoms with Crippen molar-refractivity contribution in [2.45, 2.75) is 6.42 Å². The molecule has 10 heavy (non-hydrogen) atoms. The maximum atomic E-state index is 5.13. The minimum Gasteiger partial charge on any atom is -0.249 e. The molecule has 0 amide bonds. The van der Waals surface area contributed by atoms with Crippen molar-refractivity contribution in [1.29, 1.82) is 0 Å². The van der Waals surface area contributed by atoms with Crippen molar-refractivity contribution in [3.8, 4) is 12.3 Å². The fourth-order valence-electron chi connectivity index (χ4n) is 0.661. The highest BCUT2D eigenvalue weighted by atomic mass is 79.9. The molecular formula is C8H6BrN. The van der Waals surface area contributed by atoms with Crippen LogP contribution >= 0.6 is 15.9 Å². The van der Waals surface area contributed by atoms with Crippen molar-refractivity contribution >= 4 is 15.9 Å². The predicted molar refractivity (Wildman–Crippen MR) is 44.5 cm³/mol. The van der Waals surface area contributed by atoms with E-state index in [0.717, 1.165) is 10.2 Å². The second-order valence-corrected chi connectivity index (χ2v) is 2.59. The molecule has 0 saturated heterocycles. The first-order chi connectivity index (χ1) is 4.84. The molecule has 1 aromatic heterocycles. The first kappa shape index (κ1) is 7.30. The third-order valence-corrected chi connectivity index (χ3v) is 1.84. The summed E-state index contributed by atoms with van der Waals surface area (Å²) >= 11 is 3.29. The highest BCUT2D eigenvalue weighted by Crippen LogP contribution is 2.11. The average molecular weight is 196 g/mol. The lowest BCUT2D eigenvalue weighted by Crippen LogP contribution is -1.84. The molecule has 0 bridgehead atoms. The number of hydrogen-bond acceptors (Lipinski definition) is 1. The van der Waals surface area contributed by atoms with Gasteiger partial charge in [0, 0.05) is 12.6 Å². The lowest BCUT2D eigenvalue weighted by Gasteiger charge is -1.95. The number of hydrogen-bond donors (Lipinski definition) is 0. The summed E-state index contributed by atoms with van der Waals surface area (Å²) in [6.07, 6.45) is 7.49. The van der Waals surface area contributed by atoms with Gasteiger partial charge < -0.3 is 0 Å². The average Bonchev–Trinajstić information content (AvgIpc) is 1.94. The maximum Gasteiger partial charge on any atom is 0.110 e. The van der Waals surface area contributed by atoms with Crippen LogP contribution in [0.25, 0.3) is 0 Å². The Morgan fingerprint density at radius 2 is 2.50 bits per heavy atom. The normalized spacial score (nSPS) is 8.80. The molecule has 0 saturated carbocycles. The molecule has 1 heterocycles. The van der Waals surface area contributed by atoms with Gasteiger partial charge in [0.05, 0.1) is 0 Å². The summed E-state index contributed by atoms with van der Waals surface area (Å²) < 4.78 is 0.841. The highest BCUT2D eigenvalue weighted by molar-refractivity contribution is 9.10. The molecule has 0 N–H and O–H groups in total. The van der Waals surface area contributed by atoms with Crippen molar-refractivity contribution in [2.24, 2.45) is 0 Å². The zero-order chi connectivity index (χ0) is 7.40. The number of halogens is 1. The van der Waals surface area contributed by atoms with Crippen LogP contribution in [-0.4, -0.2) is 4.98 Å². The first-order valence-electron chi connectivity index (χ1n) is 2.87. The summed E-state index contributed by atoms with van der Waals surface area (Å²) in [5.74, 6) is 2.55. The second-order valence-electron chi connectivity index (χ2n) is 1.83. The quantitative estimate of drug-likeness (QED) is 0.494. The number of rotatable bonds is 1. The van der Waals surface area contributed by atoms with Gasteiger partial charge in [0.1, 0.15) is 4.60 Å². The maximum absolute atomic E-state index is 5.13. The van der Waals surface area contributed by atoms with Crippen LogP contribution in [-0.2, 0) is 6.42 Å². The third-order valence-electron chi connectivity index (χ3n) is 1.13. The molecule has 50 valence electrons. The molecule has 0 aliphatic carbocycles. The molecule has 0 radical (unpaired) electrons. The Labute approximate surface area is 68.6 Å². The van der Waals surface area contributed by atoms with Crippen molar-refractivity contribution < 1.29 is 0 Å². The van der Waals surface area contributed by atoms with Gasteiger partial charge in [0.2, 0.25) is 0 Å². The molecule has 1 aromatic rings. The fourth-order valence-corrected chi connectivity index (χ4v) is 1.05. The molecular weight excluding hydrogens is 190 g/mol. The van der Waals surface area contributed by atoms with Gasteiger partial charge in [0.15, 0.2) is 0 Å². The number of nitrogens with zero attached hydrogens (tertiary/aromatic N) is 1. The van der Waals surface area contributed by atoms with E-state index in [-0.39, 0.29) is 0 Å². The van der Waals surface area contributed by atoms with E-state index < -0.39 is 0 Å². The summed E-state index contributed by atoms with van der Waals surface area (Å²) in [5, 5.41) is 0. The SMILES string of the molecule is C#CCc1cccnc1Br. The summed E-state index contributed by atoms with van der Waals surface area (Å²) in [6, 6.07) is 3.83. The summed E-state index contributed by atoms with van der Waals surface area (Å²) in [5.41, 5.74) is 1.06. The van der Waals surface area contributed by atoms with E-state index >= 15 is 0 Å². The Kier molecular flexibility index (Phi) is 2.47. The van der Waals surface area contributed by atoms with Crippen LogP contribution in [0.4, 0.5) is 0 Å². The monoisotopic (exact) mass is 195 g/mol. The summed E-state index contributed by atoms with van der Waals surface area (Å²) in [7, 11) is 0. The van der Waals surface area contributed by atoms with Crippen molar-refractivity contribution in [3.63, 3.8) is 0 Å². The van der Waals surface area contributed by atoms with E-state index in [9.17, 15) is 0 Å². The van der Waals surface area contributed by atoms with E-state index in [1.807, 2.05) is 12.1 Å². The highest BCUT2D eigenvalue weighted by Gasteiger charge is 1.94. The Morgan fingerprint density at radius 3 is 3.10 bits per heavy atom. The van der Waals surface area contributed by atoms with Gasteiger partial charge in [-0.3, -0.25) is 0 Å². The molecule has 0 spiro atoms. The summed E-state index contributed by atoms with van der Waals surface area (Å²) in [6.45, 7) is 0. The fraction of sp³-hybridized carbons (Fsp3) is 0.125. The minimum absolute atomic E-state index is 0.633. The molecule has 0 aliphatic rings. The molecule has 2 heteroatoms. The zero-order valence-corrected chi connectivity index (χ0v) is 6.93. The lowest BCUT2D eigenvalue weighted by molar-refractivity contribution is 1.17. The number of pyridine rings is 1. The lowest BCUT2D eigenvalue weighted by atomic mass is 10.2. The van der Waals surface area contributed by atoms with E-state index in [1.54, 1.807) is 6.20 Å². The topological polar surface area (TPSA) is 12.9 Å². The Balaban J connectivity index is 2.94. The molecule has 0 unspecified atom stereocenters. The molecule has 0 atom stereocenters. The van der Waals surface area contributed by atoms with Gasteiger partial charge in [-0.2, -0.15) is 0 Å². The minimum atomic E-state index is 0.633. The third kappa shape index (κ3) is 1.58. The van der Waals surface area contributed by atoms with Gasteiger partial charge in [-0.15, -0.1) is 12.3 Å². The second kappa shape index (κ2) is 3.38. The van der Waals surface area contributed by atoms with Crippen LogP contribution in [0.5, 0.6) is 0 Å². The smallest absolute Gasteiger partial charge is 0.110 e. The van der Waals surface area contributed by atoms with Crippen LogP contribution in [0.2, 0.25) is 0 Å². The van der Waals surface area contributed by atoms with Crippen LogP contribution in [0, 0.1) is 12.3 Å². The van der Waals surface area contributed by atoms with Gasteiger partial charge in [-0.1, -0.05) is 6.07 Å². The first-order valence-corrected chi connectivity index (χ1v) is 3.66. The van der Waals surface area contributed by atoms with Crippen LogP contribution in [0.3, 0.4) is 0 Å². The number of terminal acetylenes is 1. The molecule has 1 rings (SSSR count). The van der Waals surface area contributed by atoms with Gasteiger partial charge in [-0.25, -0.2) is 4.98 Å². The molecule has 0 aromatic carbocycles. The van der Waals surface area contributed by atoms with Crippen molar-refractivity contribution in [1.82, 2.24) is 4.98 Å². The van der Waals surface area contributed by atoms with E-state index in [1.165, 1.54) is 0 Å². The Bertz CT molecular complexity index is 262. The van der Waals surface area contributed by atoms with E-state index in [0.29, 0.717) is 6.42 Å². The van der Waals surface area contributed by atoms with E-state index in [2.05, 4.69) is 26.8 Å². The van der Waals surface area contributed by atoms with Crippen LogP contribution in [0.15, 0.2) is 22.9 Å². The number of aromatic nitrogens is 1. The van der Waals surface area contributed by atoms with Crippen molar-refractivity contribution in [2.75, 3.05) is 0 Å². The largest absolute Gasteiger partial charge is 0.249 e. The van der Waals surface area contributed by atoms with Crippen LogP contribution < -0.4 is 0 Å². The Morgan fingerprint density at radius 1 is 1.70 bits per heavy atom. The van der Waals surface area contributed by atoms with Crippen molar-refractivity contribution in [3.05, 3.63) is 28.5 Å². The molecule has 1 nitrogen and oxygen atoms in total. The van der Waals surface area contributed by atoms with Gasteiger partial charge >= 0.3 is 0 Å².